The van der Waals surface area contributed by atoms with Crippen molar-refractivity contribution in [3.63, 3.8) is 0 Å². The van der Waals surface area contributed by atoms with E-state index in [0.717, 1.165) is 41.8 Å². The number of fused-ring (bicyclic) bond motifs is 2. The fourth-order valence-electron chi connectivity index (χ4n) is 7.13. The quantitative estimate of drug-likeness (QED) is 0.193. The lowest BCUT2D eigenvalue weighted by atomic mass is 9.67. The number of tetrazole rings is 1. The average Bonchev–Trinajstić information content (AvgIpc) is 3.79. The van der Waals surface area contributed by atoms with Crippen LogP contribution in [0.1, 0.15) is 75.0 Å². The van der Waals surface area contributed by atoms with Crippen LogP contribution in [0.3, 0.4) is 0 Å². The van der Waals surface area contributed by atoms with Gasteiger partial charge in [-0.05, 0) is 124 Å². The molecule has 1 aliphatic heterocycles. The number of nitrogens with one attached hydrogen (secondary N) is 4. The van der Waals surface area contributed by atoms with Crippen LogP contribution in [0.4, 0.5) is 0 Å². The van der Waals surface area contributed by atoms with E-state index in [4.69, 9.17) is 0 Å². The third kappa shape index (κ3) is 8.18. The maximum Gasteiger partial charge on any atom is 0.251 e. The van der Waals surface area contributed by atoms with E-state index < -0.39 is 11.5 Å². The molecule has 50 heavy (non-hydrogen) atoms. The van der Waals surface area contributed by atoms with Crippen molar-refractivity contribution in [3.05, 3.63) is 75.6 Å². The molecule has 5 rings (SSSR count). The van der Waals surface area contributed by atoms with Crippen LogP contribution in [0.2, 0.25) is 0 Å². The van der Waals surface area contributed by atoms with Gasteiger partial charge >= 0.3 is 0 Å². The molecular weight excluding hydrogens is 634 g/mol. The number of nitriles is 1. The summed E-state index contributed by atoms with van der Waals surface area (Å²) in [6, 6.07) is 13.2. The molecule has 1 saturated heterocycles. The molecule has 1 aliphatic carbocycles. The van der Waals surface area contributed by atoms with E-state index in [0.29, 0.717) is 62.3 Å². The number of H-pyrrole nitrogens is 1. The molecule has 14 nitrogen and oxygen atoms in total. The lowest BCUT2D eigenvalue weighted by Crippen LogP contribution is -2.45. The molecule has 0 saturated carbocycles. The van der Waals surface area contributed by atoms with Crippen LogP contribution in [-0.4, -0.2) is 133 Å². The van der Waals surface area contributed by atoms with Gasteiger partial charge in [0, 0.05) is 49.9 Å². The van der Waals surface area contributed by atoms with Crippen LogP contribution in [0.5, 0.6) is 0 Å². The highest BCUT2D eigenvalue weighted by molar-refractivity contribution is 5.95. The summed E-state index contributed by atoms with van der Waals surface area (Å²) in [6.45, 7) is 5.18. The molecule has 14 heteroatoms. The molecule has 266 valence electrons. The largest absolute Gasteiger partial charge is 0.351 e. The first-order valence-electron chi connectivity index (χ1n) is 17.3. The molecule has 1 unspecified atom stereocenters. The Labute approximate surface area is 294 Å². The van der Waals surface area contributed by atoms with Gasteiger partial charge in [-0.25, -0.2) is 5.10 Å². The van der Waals surface area contributed by atoms with Gasteiger partial charge in [0.1, 0.15) is 6.04 Å². The van der Waals surface area contributed by atoms with Crippen molar-refractivity contribution in [3.8, 4) is 6.07 Å². The van der Waals surface area contributed by atoms with Gasteiger partial charge in [-0.1, -0.05) is 12.1 Å². The molecule has 0 radical (unpaired) electrons. The Morgan fingerprint density at radius 1 is 0.980 bits per heavy atom. The molecule has 0 spiro atoms. The molecule has 3 amide bonds. The van der Waals surface area contributed by atoms with E-state index in [-0.39, 0.29) is 30.3 Å². The molecular formula is C36H49N11O3. The van der Waals surface area contributed by atoms with Crippen LogP contribution in [0.15, 0.2) is 36.4 Å². The second-order valence-corrected chi connectivity index (χ2v) is 13.9. The lowest BCUT2D eigenvalue weighted by molar-refractivity contribution is -0.130. The van der Waals surface area contributed by atoms with E-state index in [2.05, 4.69) is 42.6 Å². The zero-order valence-electron chi connectivity index (χ0n) is 29.8. The van der Waals surface area contributed by atoms with Crippen molar-refractivity contribution in [2.24, 2.45) is 0 Å². The normalized spacial score (nSPS) is 17.1. The highest BCUT2D eigenvalue weighted by atomic mass is 16.2. The Hall–Kier alpha value is -4.71. The fourth-order valence-corrected chi connectivity index (χ4v) is 7.13. The van der Waals surface area contributed by atoms with Gasteiger partial charge in [0.25, 0.3) is 11.8 Å². The minimum atomic E-state index is -0.914. The van der Waals surface area contributed by atoms with E-state index in [1.807, 2.05) is 81.3 Å². The Morgan fingerprint density at radius 3 is 2.06 bits per heavy atom. The third-order valence-corrected chi connectivity index (χ3v) is 9.69. The van der Waals surface area contributed by atoms with Crippen molar-refractivity contribution in [2.75, 3.05) is 67.5 Å². The maximum atomic E-state index is 13.3. The van der Waals surface area contributed by atoms with Gasteiger partial charge < -0.3 is 30.7 Å². The van der Waals surface area contributed by atoms with Gasteiger partial charge in [-0.2, -0.15) is 5.26 Å². The minimum Gasteiger partial charge on any atom is -0.351 e. The number of aromatic nitrogens is 4. The summed E-state index contributed by atoms with van der Waals surface area (Å²) in [6.07, 6.45) is 3.22. The number of hydrogen-bond acceptors (Lipinski definition) is 10. The molecule has 1 fully saturated rings. The van der Waals surface area contributed by atoms with Gasteiger partial charge in [0.05, 0.1) is 18.0 Å². The average molecular weight is 684 g/mol. The van der Waals surface area contributed by atoms with Crippen molar-refractivity contribution in [1.29, 1.82) is 5.26 Å². The molecule has 2 aromatic carbocycles. The number of aryl methyl sites for hydroxylation is 2. The van der Waals surface area contributed by atoms with E-state index >= 15 is 0 Å². The van der Waals surface area contributed by atoms with Gasteiger partial charge in [0.15, 0.2) is 5.82 Å². The van der Waals surface area contributed by atoms with Crippen LogP contribution in [0.25, 0.3) is 0 Å². The predicted octanol–water partition coefficient (Wildman–Crippen LogP) is 1.10. The van der Waals surface area contributed by atoms with Gasteiger partial charge in [-0.3, -0.25) is 14.4 Å². The molecule has 0 bridgehead atoms. The maximum absolute atomic E-state index is 13.3. The number of carbonyl (C=O) groups is 3. The van der Waals surface area contributed by atoms with Gasteiger partial charge in [-0.15, -0.1) is 5.10 Å². The Kier molecular flexibility index (Phi) is 11.9. The van der Waals surface area contributed by atoms with E-state index in [9.17, 15) is 19.6 Å². The Bertz CT molecular complexity index is 1620. The second kappa shape index (κ2) is 16.3. The Balaban J connectivity index is 1.53. The summed E-state index contributed by atoms with van der Waals surface area (Å²) in [5.74, 6) is 0.127. The zero-order chi connectivity index (χ0) is 35.8. The number of rotatable bonds is 14. The third-order valence-electron chi connectivity index (χ3n) is 9.69. The molecule has 1 aromatic heterocycles. The van der Waals surface area contributed by atoms with Crippen LogP contribution in [0, 0.1) is 11.3 Å². The van der Waals surface area contributed by atoms with Crippen molar-refractivity contribution >= 4 is 17.7 Å². The van der Waals surface area contributed by atoms with Crippen molar-refractivity contribution in [2.45, 2.75) is 56.5 Å². The predicted molar refractivity (Wildman–Crippen MR) is 189 cm³/mol. The first-order chi connectivity index (χ1) is 24.0. The Morgan fingerprint density at radius 2 is 1.56 bits per heavy atom. The fraction of sp³-hybridized carbons (Fsp3) is 0.528. The molecule has 2 heterocycles. The van der Waals surface area contributed by atoms with Gasteiger partial charge in [0.2, 0.25) is 5.91 Å². The first-order valence-corrected chi connectivity index (χ1v) is 17.3. The second-order valence-electron chi connectivity index (χ2n) is 13.9. The number of hydrogen-bond donors (Lipinski definition) is 4. The first kappa shape index (κ1) is 36.6. The van der Waals surface area contributed by atoms with Crippen molar-refractivity contribution in [1.82, 2.24) is 51.3 Å². The van der Waals surface area contributed by atoms with E-state index in [1.165, 1.54) is 0 Å². The highest BCUT2D eigenvalue weighted by Gasteiger charge is 2.45. The molecule has 2 atom stereocenters. The van der Waals surface area contributed by atoms with E-state index in [1.54, 1.807) is 4.90 Å². The summed E-state index contributed by atoms with van der Waals surface area (Å²) in [4.78, 5) is 45.4. The lowest BCUT2D eigenvalue weighted by Gasteiger charge is -2.37. The zero-order valence-corrected chi connectivity index (χ0v) is 29.8. The van der Waals surface area contributed by atoms with Crippen LogP contribution >= 0.6 is 0 Å². The SMILES string of the molecule is C[C@@H](CC1(c2nnn[nH]2)c2ccc(C(=O)NCCN(C)C)cc2CCc2cc(C(=O)NCCN(C)C)ccc21)NCC(=O)N1CCCC1C#N. The monoisotopic (exact) mass is 683 g/mol. The van der Waals surface area contributed by atoms with Crippen molar-refractivity contribution < 1.29 is 14.4 Å². The molecule has 3 aromatic rings. The van der Waals surface area contributed by atoms with Crippen LogP contribution < -0.4 is 16.0 Å². The standard InChI is InChI=1S/C36H49N11O3/c1-24(40-23-32(48)47-16-6-7-29(47)22-37)21-36(35-41-43-44-42-35)30-12-10-27(33(49)38-14-17-45(2)3)19-25(30)8-9-26-20-28(11-13-31(26)36)34(50)39-15-18-46(4)5/h10-13,19-20,24,29,40H,6-9,14-18,21,23H2,1-5H3,(H,38,49)(H,39,50)(H,41,42,43,44)/t24-,29?/m0/s1. The molecule has 4 N–H and O–H groups in total. The number of nitrogens with zero attached hydrogens (tertiary/aromatic N) is 7. The summed E-state index contributed by atoms with van der Waals surface area (Å²) in [5.41, 5.74) is 4.07. The number of carbonyl (C=O) groups excluding carboxylic acids is 3. The molecule has 2 aliphatic rings. The summed E-state index contributed by atoms with van der Waals surface area (Å²) in [5, 5.41) is 34.5. The topological polar surface area (TPSA) is 175 Å². The summed E-state index contributed by atoms with van der Waals surface area (Å²) >= 11 is 0. The van der Waals surface area contributed by atoms with Crippen LogP contribution in [-0.2, 0) is 23.1 Å². The number of amides is 3. The minimum absolute atomic E-state index is 0.0852. The number of likely N-dealkylation sites (tertiary alicyclic amines) is 1. The highest BCUT2D eigenvalue weighted by Crippen LogP contribution is 2.47. The number of aromatic amines is 1. The number of likely N-dealkylation sites (N-methyl/N-ethyl adjacent to an activating group) is 2. The smallest absolute Gasteiger partial charge is 0.251 e. The summed E-state index contributed by atoms with van der Waals surface area (Å²) in [7, 11) is 7.85. The summed E-state index contributed by atoms with van der Waals surface area (Å²) < 4.78 is 0. The number of benzene rings is 2.